The molecular formula is C24H36O5. The fourth-order valence-corrected chi connectivity index (χ4v) is 9.32. The smallest absolute Gasteiger partial charge is 0.226 e. The molecule has 0 bridgehead atoms. The van der Waals surface area contributed by atoms with Crippen LogP contribution in [0.1, 0.15) is 65.7 Å². The molecule has 5 heteroatoms. The average Bonchev–Trinajstić information content (AvgIpc) is 3.36. The second kappa shape index (κ2) is 6.07. The first-order valence-corrected chi connectivity index (χ1v) is 11.8. The highest BCUT2D eigenvalue weighted by molar-refractivity contribution is 5.29. The van der Waals surface area contributed by atoms with Gasteiger partial charge in [-0.3, -0.25) is 0 Å². The lowest BCUT2D eigenvalue weighted by Gasteiger charge is -2.62. The standard InChI is InChI=1S/C24H36O5/c1-15-10-16-18-7-9-23(24(29-14-27-23)12-26-13-28-24)22(18,3)11-19(25)20(16)21(2)8-5-4-6-17(15)21/h6,15-16,18-20,25H,4-5,7-14H2,1-3H3/t15-,16-,18-,19-,20+,21-,22-,23+,24?/m0/s1. The molecule has 4 aliphatic carbocycles. The van der Waals surface area contributed by atoms with Crippen molar-refractivity contribution in [2.75, 3.05) is 20.2 Å². The molecule has 2 saturated heterocycles. The van der Waals surface area contributed by atoms with E-state index in [-0.39, 0.29) is 30.5 Å². The molecule has 9 atom stereocenters. The van der Waals surface area contributed by atoms with Crippen molar-refractivity contribution in [1.82, 2.24) is 0 Å². The summed E-state index contributed by atoms with van der Waals surface area (Å²) >= 11 is 0. The number of fused-ring (bicyclic) bond motifs is 7. The zero-order chi connectivity index (χ0) is 20.1. The second-order valence-electron chi connectivity index (χ2n) is 11.2. The molecule has 3 saturated carbocycles. The molecule has 29 heavy (non-hydrogen) atoms. The van der Waals surface area contributed by atoms with Crippen LogP contribution < -0.4 is 0 Å². The van der Waals surface area contributed by atoms with Gasteiger partial charge in [-0.1, -0.05) is 32.4 Å². The van der Waals surface area contributed by atoms with E-state index in [4.69, 9.17) is 18.9 Å². The Morgan fingerprint density at radius 3 is 2.72 bits per heavy atom. The predicted molar refractivity (Wildman–Crippen MR) is 107 cm³/mol. The zero-order valence-corrected chi connectivity index (χ0v) is 18.1. The van der Waals surface area contributed by atoms with Crippen LogP contribution >= 0.6 is 0 Å². The highest BCUT2D eigenvalue weighted by atomic mass is 16.9. The molecule has 1 unspecified atom stereocenters. The number of ether oxygens (including phenoxy) is 4. The van der Waals surface area contributed by atoms with Gasteiger partial charge in [0, 0.05) is 5.41 Å². The van der Waals surface area contributed by atoms with E-state index in [0.29, 0.717) is 30.3 Å². The Morgan fingerprint density at radius 2 is 1.93 bits per heavy atom. The van der Waals surface area contributed by atoms with Crippen LogP contribution in [0.25, 0.3) is 0 Å². The Labute approximate surface area is 174 Å². The van der Waals surface area contributed by atoms with Crippen LogP contribution in [0.15, 0.2) is 11.6 Å². The number of allylic oxidation sites excluding steroid dienone is 2. The minimum Gasteiger partial charge on any atom is -0.393 e. The molecule has 0 amide bonds. The molecule has 2 aliphatic heterocycles. The van der Waals surface area contributed by atoms with Crippen molar-refractivity contribution in [2.24, 2.45) is 34.5 Å². The molecular weight excluding hydrogens is 368 g/mol. The third kappa shape index (κ3) is 2.14. The van der Waals surface area contributed by atoms with Crippen molar-refractivity contribution in [1.29, 1.82) is 0 Å². The summed E-state index contributed by atoms with van der Waals surface area (Å²) < 4.78 is 24.3. The van der Waals surface area contributed by atoms with Gasteiger partial charge in [0.05, 0.1) is 6.10 Å². The monoisotopic (exact) mass is 404 g/mol. The van der Waals surface area contributed by atoms with Crippen LogP contribution in [0.3, 0.4) is 0 Å². The zero-order valence-electron chi connectivity index (χ0n) is 18.1. The van der Waals surface area contributed by atoms with Crippen LogP contribution in [-0.4, -0.2) is 42.8 Å². The maximum absolute atomic E-state index is 11.7. The molecule has 1 N–H and O–H groups in total. The predicted octanol–water partition coefficient (Wildman–Crippen LogP) is 4.00. The van der Waals surface area contributed by atoms with Gasteiger partial charge in [0.2, 0.25) is 5.79 Å². The molecule has 5 fully saturated rings. The van der Waals surface area contributed by atoms with Gasteiger partial charge in [-0.2, -0.15) is 0 Å². The molecule has 2 spiro atoms. The number of hydrogen-bond donors (Lipinski definition) is 1. The summed E-state index contributed by atoms with van der Waals surface area (Å²) in [6.07, 6.45) is 9.89. The van der Waals surface area contributed by atoms with Crippen LogP contribution in [-0.2, 0) is 18.9 Å². The van der Waals surface area contributed by atoms with Crippen molar-refractivity contribution in [3.8, 4) is 0 Å². The van der Waals surface area contributed by atoms with Gasteiger partial charge in [-0.25, -0.2) is 0 Å². The van der Waals surface area contributed by atoms with E-state index in [1.807, 2.05) is 0 Å². The summed E-state index contributed by atoms with van der Waals surface area (Å²) in [5.41, 5.74) is 1.10. The first-order valence-electron chi connectivity index (χ1n) is 11.8. The molecule has 5 nitrogen and oxygen atoms in total. The third-order valence-corrected chi connectivity index (χ3v) is 10.3. The van der Waals surface area contributed by atoms with Crippen molar-refractivity contribution < 1.29 is 24.1 Å². The summed E-state index contributed by atoms with van der Waals surface area (Å²) in [5, 5.41) is 11.7. The SMILES string of the molecule is C[C@H]1C[C@@H]2[C@H]([C@@H](O)C[C@@]3(C)[C@H]2CC[C@@]32OCOC23COCO3)[C@@]2(C)CCCC=C12. The largest absolute Gasteiger partial charge is 0.393 e. The topological polar surface area (TPSA) is 57.2 Å². The summed E-state index contributed by atoms with van der Waals surface area (Å²) in [5.74, 6) is 1.22. The maximum Gasteiger partial charge on any atom is 0.226 e. The van der Waals surface area contributed by atoms with Crippen LogP contribution in [0.4, 0.5) is 0 Å². The summed E-state index contributed by atoms with van der Waals surface area (Å²) in [4.78, 5) is 0. The van der Waals surface area contributed by atoms with E-state index < -0.39 is 11.4 Å². The Kier molecular flexibility index (Phi) is 4.03. The van der Waals surface area contributed by atoms with Crippen molar-refractivity contribution in [3.05, 3.63) is 11.6 Å². The van der Waals surface area contributed by atoms with E-state index >= 15 is 0 Å². The van der Waals surface area contributed by atoms with Gasteiger partial charge >= 0.3 is 0 Å². The third-order valence-electron chi connectivity index (χ3n) is 10.3. The van der Waals surface area contributed by atoms with Gasteiger partial charge in [-0.05, 0) is 74.0 Å². The molecule has 6 rings (SSSR count). The summed E-state index contributed by atoms with van der Waals surface area (Å²) in [7, 11) is 0. The van der Waals surface area contributed by atoms with E-state index in [2.05, 4.69) is 26.8 Å². The first-order chi connectivity index (χ1) is 13.9. The normalized spacial score (nSPS) is 58.9. The highest BCUT2D eigenvalue weighted by Crippen LogP contribution is 2.72. The lowest BCUT2D eigenvalue weighted by molar-refractivity contribution is -0.258. The minimum atomic E-state index is -0.802. The maximum atomic E-state index is 11.7. The molecule has 162 valence electrons. The van der Waals surface area contributed by atoms with E-state index in [1.54, 1.807) is 5.57 Å². The van der Waals surface area contributed by atoms with Crippen LogP contribution in [0, 0.1) is 34.5 Å². The number of rotatable bonds is 0. The van der Waals surface area contributed by atoms with Crippen LogP contribution in [0.5, 0.6) is 0 Å². The Bertz CT molecular complexity index is 723. The van der Waals surface area contributed by atoms with Gasteiger partial charge in [0.15, 0.2) is 13.6 Å². The Morgan fingerprint density at radius 1 is 1.10 bits per heavy atom. The molecule has 6 aliphatic rings. The lowest BCUT2D eigenvalue weighted by Crippen LogP contribution is -2.66. The highest BCUT2D eigenvalue weighted by Gasteiger charge is 2.76. The number of aliphatic hydroxyl groups excluding tert-OH is 1. The number of aliphatic hydroxyl groups is 1. The summed E-state index contributed by atoms with van der Waals surface area (Å²) in [6.45, 7) is 8.17. The van der Waals surface area contributed by atoms with E-state index in [1.165, 1.54) is 25.7 Å². The van der Waals surface area contributed by atoms with E-state index in [9.17, 15) is 5.11 Å². The van der Waals surface area contributed by atoms with Crippen molar-refractivity contribution >= 4 is 0 Å². The van der Waals surface area contributed by atoms with Gasteiger partial charge in [0.1, 0.15) is 12.2 Å². The quantitative estimate of drug-likeness (QED) is 0.619. The average molecular weight is 405 g/mol. The first kappa shape index (κ1) is 19.2. The Balaban J connectivity index is 1.43. The Hall–Kier alpha value is -0.460. The summed E-state index contributed by atoms with van der Waals surface area (Å²) in [6, 6.07) is 0. The molecule has 2 heterocycles. The number of hydrogen-bond acceptors (Lipinski definition) is 5. The van der Waals surface area contributed by atoms with E-state index in [0.717, 1.165) is 19.3 Å². The van der Waals surface area contributed by atoms with Crippen molar-refractivity contribution in [2.45, 2.75) is 83.2 Å². The molecule has 0 aromatic carbocycles. The molecule has 0 radical (unpaired) electrons. The van der Waals surface area contributed by atoms with Crippen LogP contribution in [0.2, 0.25) is 0 Å². The lowest BCUT2D eigenvalue weighted by atomic mass is 9.44. The van der Waals surface area contributed by atoms with Gasteiger partial charge in [0.25, 0.3) is 0 Å². The fourth-order valence-electron chi connectivity index (χ4n) is 9.32. The fraction of sp³-hybridized carbons (Fsp3) is 0.917. The van der Waals surface area contributed by atoms with Gasteiger partial charge in [-0.15, -0.1) is 0 Å². The van der Waals surface area contributed by atoms with Gasteiger partial charge < -0.3 is 24.1 Å². The minimum absolute atomic E-state index is 0.148. The molecule has 0 aromatic heterocycles. The van der Waals surface area contributed by atoms with Crippen molar-refractivity contribution in [3.63, 3.8) is 0 Å². The second-order valence-corrected chi connectivity index (χ2v) is 11.2. The molecule has 0 aromatic rings.